The highest BCUT2D eigenvalue weighted by Gasteiger charge is 2.36. The topological polar surface area (TPSA) is 41.5 Å². The quantitative estimate of drug-likeness (QED) is 0.705. The van der Waals surface area contributed by atoms with Crippen molar-refractivity contribution in [3.05, 3.63) is 0 Å². The van der Waals surface area contributed by atoms with E-state index in [1.54, 1.807) is 0 Å². The summed E-state index contributed by atoms with van der Waals surface area (Å²) in [5.41, 5.74) is 0.266. The van der Waals surface area contributed by atoms with Crippen LogP contribution >= 0.6 is 0 Å². The molecule has 2 rings (SSSR count). The maximum absolute atomic E-state index is 9.16. The van der Waals surface area contributed by atoms with E-state index in [1.165, 1.54) is 0 Å². The molecule has 1 aliphatic heterocycles. The van der Waals surface area contributed by atoms with E-state index in [-0.39, 0.29) is 11.5 Å². The molecule has 14 heavy (non-hydrogen) atoms. The molecule has 2 aliphatic rings. The molecule has 1 saturated carbocycles. The standard InChI is InChI=1S/C11H21NO2/c1-11(2)7-14-6-10(11)12-5-8-3-9(13)4-8/h8-10,12-13H,3-7H2,1-2H3. The van der Waals surface area contributed by atoms with Gasteiger partial charge in [0.25, 0.3) is 0 Å². The molecular weight excluding hydrogens is 178 g/mol. The number of hydrogen-bond donors (Lipinski definition) is 2. The molecule has 0 radical (unpaired) electrons. The first kappa shape index (κ1) is 10.4. The Bertz CT molecular complexity index is 199. The van der Waals surface area contributed by atoms with Gasteiger partial charge in [-0.25, -0.2) is 0 Å². The molecule has 0 aromatic carbocycles. The first-order chi connectivity index (χ1) is 6.58. The Hall–Kier alpha value is -0.120. The third kappa shape index (κ3) is 2.10. The van der Waals surface area contributed by atoms with Crippen LogP contribution in [-0.2, 0) is 4.74 Å². The smallest absolute Gasteiger partial charge is 0.0626 e. The molecule has 2 N–H and O–H groups in total. The third-order valence-corrected chi connectivity index (χ3v) is 3.57. The van der Waals surface area contributed by atoms with Crippen LogP contribution < -0.4 is 5.32 Å². The van der Waals surface area contributed by atoms with E-state index in [2.05, 4.69) is 19.2 Å². The van der Waals surface area contributed by atoms with Gasteiger partial charge in [0.05, 0.1) is 19.3 Å². The van der Waals surface area contributed by atoms with Crippen LogP contribution in [0.25, 0.3) is 0 Å². The van der Waals surface area contributed by atoms with Crippen molar-refractivity contribution in [1.29, 1.82) is 0 Å². The van der Waals surface area contributed by atoms with Crippen LogP contribution in [0, 0.1) is 11.3 Å². The summed E-state index contributed by atoms with van der Waals surface area (Å²) < 4.78 is 5.47. The molecule has 0 aromatic rings. The van der Waals surface area contributed by atoms with Gasteiger partial charge in [-0.15, -0.1) is 0 Å². The lowest BCUT2D eigenvalue weighted by molar-refractivity contribution is 0.0405. The van der Waals surface area contributed by atoms with Crippen molar-refractivity contribution in [3.63, 3.8) is 0 Å². The van der Waals surface area contributed by atoms with Crippen molar-refractivity contribution in [1.82, 2.24) is 5.32 Å². The SMILES string of the molecule is CC1(C)COCC1NCC1CC(O)C1. The maximum Gasteiger partial charge on any atom is 0.0626 e. The van der Waals surface area contributed by atoms with Crippen molar-refractivity contribution in [2.24, 2.45) is 11.3 Å². The molecule has 1 heterocycles. The van der Waals surface area contributed by atoms with E-state index in [1.807, 2.05) is 0 Å². The van der Waals surface area contributed by atoms with Crippen molar-refractivity contribution in [3.8, 4) is 0 Å². The summed E-state index contributed by atoms with van der Waals surface area (Å²) in [5.74, 6) is 0.682. The lowest BCUT2D eigenvalue weighted by atomic mass is 9.81. The molecule has 1 saturated heterocycles. The van der Waals surface area contributed by atoms with E-state index in [9.17, 15) is 0 Å². The van der Waals surface area contributed by atoms with Crippen molar-refractivity contribution < 1.29 is 9.84 Å². The molecule has 1 unspecified atom stereocenters. The van der Waals surface area contributed by atoms with Crippen LogP contribution in [0.3, 0.4) is 0 Å². The summed E-state index contributed by atoms with van der Waals surface area (Å²) in [6.07, 6.45) is 1.91. The predicted octanol–water partition coefficient (Wildman–Crippen LogP) is 0.772. The van der Waals surface area contributed by atoms with Crippen LogP contribution in [-0.4, -0.2) is 37.0 Å². The first-order valence-electron chi connectivity index (χ1n) is 5.57. The van der Waals surface area contributed by atoms with Gasteiger partial charge in [0.2, 0.25) is 0 Å². The molecule has 1 aliphatic carbocycles. The number of rotatable bonds is 3. The normalized spacial score (nSPS) is 40.9. The van der Waals surface area contributed by atoms with Crippen LogP contribution in [0.2, 0.25) is 0 Å². The minimum Gasteiger partial charge on any atom is -0.393 e. The molecule has 2 fully saturated rings. The average molecular weight is 199 g/mol. The highest BCUT2D eigenvalue weighted by atomic mass is 16.5. The summed E-state index contributed by atoms with van der Waals surface area (Å²) >= 11 is 0. The van der Waals surface area contributed by atoms with Gasteiger partial charge < -0.3 is 15.2 Å². The summed E-state index contributed by atoms with van der Waals surface area (Å²) in [4.78, 5) is 0. The third-order valence-electron chi connectivity index (χ3n) is 3.57. The van der Waals surface area contributed by atoms with Crippen molar-refractivity contribution >= 4 is 0 Å². The largest absolute Gasteiger partial charge is 0.393 e. The molecule has 0 bridgehead atoms. The molecule has 0 aromatic heterocycles. The molecule has 3 nitrogen and oxygen atoms in total. The Balaban J connectivity index is 1.70. The summed E-state index contributed by atoms with van der Waals surface area (Å²) in [7, 11) is 0. The number of aliphatic hydroxyl groups excluding tert-OH is 1. The Morgan fingerprint density at radius 1 is 1.43 bits per heavy atom. The molecule has 1 atom stereocenters. The van der Waals surface area contributed by atoms with Gasteiger partial charge in [0, 0.05) is 11.5 Å². The Labute approximate surface area is 85.8 Å². The number of nitrogens with one attached hydrogen (secondary N) is 1. The predicted molar refractivity (Wildman–Crippen MR) is 55.1 cm³/mol. The van der Waals surface area contributed by atoms with Gasteiger partial charge in [0.1, 0.15) is 0 Å². The highest BCUT2D eigenvalue weighted by Crippen LogP contribution is 2.30. The molecule has 82 valence electrons. The number of aliphatic hydroxyl groups is 1. The van der Waals surface area contributed by atoms with Gasteiger partial charge in [-0.3, -0.25) is 0 Å². The molecule has 0 spiro atoms. The zero-order valence-corrected chi connectivity index (χ0v) is 9.12. The van der Waals surface area contributed by atoms with Crippen LogP contribution in [0.1, 0.15) is 26.7 Å². The number of ether oxygens (including phenoxy) is 1. The van der Waals surface area contributed by atoms with Crippen molar-refractivity contribution in [2.45, 2.75) is 38.8 Å². The summed E-state index contributed by atoms with van der Waals surface area (Å²) in [5, 5.41) is 12.7. The Morgan fingerprint density at radius 2 is 2.14 bits per heavy atom. The molecule has 0 amide bonds. The minimum absolute atomic E-state index is 0.0327. The van der Waals surface area contributed by atoms with Gasteiger partial charge >= 0.3 is 0 Å². The van der Waals surface area contributed by atoms with Gasteiger partial charge in [-0.05, 0) is 25.3 Å². The summed E-state index contributed by atoms with van der Waals surface area (Å²) in [6.45, 7) is 7.22. The first-order valence-corrected chi connectivity index (χ1v) is 5.57. The van der Waals surface area contributed by atoms with Gasteiger partial charge in [-0.2, -0.15) is 0 Å². The van der Waals surface area contributed by atoms with E-state index in [0.29, 0.717) is 12.0 Å². The second-order valence-corrected chi connectivity index (χ2v) is 5.46. The van der Waals surface area contributed by atoms with Crippen LogP contribution in [0.5, 0.6) is 0 Å². The van der Waals surface area contributed by atoms with E-state index < -0.39 is 0 Å². The molecular formula is C11H21NO2. The zero-order valence-electron chi connectivity index (χ0n) is 9.12. The van der Waals surface area contributed by atoms with Crippen LogP contribution in [0.4, 0.5) is 0 Å². The maximum atomic E-state index is 9.16. The van der Waals surface area contributed by atoms with Gasteiger partial charge in [-0.1, -0.05) is 13.8 Å². The lowest BCUT2D eigenvalue weighted by Gasteiger charge is -2.34. The minimum atomic E-state index is -0.0327. The zero-order chi connectivity index (χ0) is 10.2. The van der Waals surface area contributed by atoms with E-state index in [0.717, 1.165) is 32.6 Å². The second kappa shape index (κ2) is 3.80. The van der Waals surface area contributed by atoms with Crippen LogP contribution in [0.15, 0.2) is 0 Å². The summed E-state index contributed by atoms with van der Waals surface area (Å²) in [6, 6.07) is 0.486. The lowest BCUT2D eigenvalue weighted by Crippen LogP contribution is -2.45. The Kier molecular flexibility index (Phi) is 2.82. The fraction of sp³-hybridized carbons (Fsp3) is 1.00. The fourth-order valence-corrected chi connectivity index (χ4v) is 2.28. The van der Waals surface area contributed by atoms with E-state index in [4.69, 9.17) is 9.84 Å². The average Bonchev–Trinajstić information content (AvgIpc) is 2.37. The Morgan fingerprint density at radius 3 is 2.64 bits per heavy atom. The second-order valence-electron chi connectivity index (χ2n) is 5.46. The monoisotopic (exact) mass is 199 g/mol. The highest BCUT2D eigenvalue weighted by molar-refractivity contribution is 4.90. The fourth-order valence-electron chi connectivity index (χ4n) is 2.28. The number of hydrogen-bond acceptors (Lipinski definition) is 3. The van der Waals surface area contributed by atoms with Crippen molar-refractivity contribution in [2.75, 3.05) is 19.8 Å². The molecule has 3 heteroatoms. The van der Waals surface area contributed by atoms with Gasteiger partial charge in [0.15, 0.2) is 0 Å². The van der Waals surface area contributed by atoms with E-state index >= 15 is 0 Å².